The SMILES string of the molecule is CCc1cccc(C(=O)C(N)=NO)c1CC. The van der Waals surface area contributed by atoms with Gasteiger partial charge in [-0.2, -0.15) is 0 Å². The molecular formula is C12H16N2O2. The smallest absolute Gasteiger partial charge is 0.231 e. The van der Waals surface area contributed by atoms with Gasteiger partial charge < -0.3 is 10.9 Å². The molecule has 0 aromatic heterocycles. The van der Waals surface area contributed by atoms with Crippen molar-refractivity contribution in [1.29, 1.82) is 0 Å². The summed E-state index contributed by atoms with van der Waals surface area (Å²) in [5, 5.41) is 11.2. The van der Waals surface area contributed by atoms with Crippen LogP contribution in [0.25, 0.3) is 0 Å². The number of benzene rings is 1. The van der Waals surface area contributed by atoms with Gasteiger partial charge in [0.2, 0.25) is 11.6 Å². The third-order valence-electron chi connectivity index (χ3n) is 2.59. The molecule has 3 N–H and O–H groups in total. The van der Waals surface area contributed by atoms with Gasteiger partial charge >= 0.3 is 0 Å². The first-order valence-electron chi connectivity index (χ1n) is 5.28. The summed E-state index contributed by atoms with van der Waals surface area (Å²) < 4.78 is 0. The quantitative estimate of drug-likeness (QED) is 0.267. The molecule has 86 valence electrons. The summed E-state index contributed by atoms with van der Waals surface area (Å²) in [6, 6.07) is 5.51. The highest BCUT2D eigenvalue weighted by molar-refractivity contribution is 6.44. The normalized spacial score (nSPS) is 11.5. The van der Waals surface area contributed by atoms with Crippen LogP contribution in [-0.4, -0.2) is 16.8 Å². The number of Topliss-reactive ketones (excluding diaryl/α,β-unsaturated/α-hetero) is 1. The van der Waals surface area contributed by atoms with Crippen molar-refractivity contribution in [3.8, 4) is 0 Å². The van der Waals surface area contributed by atoms with Gasteiger partial charge in [0.1, 0.15) is 0 Å². The predicted octanol–water partition coefficient (Wildman–Crippen LogP) is 1.74. The first-order valence-corrected chi connectivity index (χ1v) is 5.28. The van der Waals surface area contributed by atoms with Gasteiger partial charge in [-0.15, -0.1) is 0 Å². The van der Waals surface area contributed by atoms with Crippen molar-refractivity contribution < 1.29 is 10.0 Å². The molecular weight excluding hydrogens is 204 g/mol. The van der Waals surface area contributed by atoms with Crippen molar-refractivity contribution >= 4 is 11.6 Å². The monoisotopic (exact) mass is 220 g/mol. The van der Waals surface area contributed by atoms with Crippen LogP contribution >= 0.6 is 0 Å². The molecule has 16 heavy (non-hydrogen) atoms. The topological polar surface area (TPSA) is 75.7 Å². The van der Waals surface area contributed by atoms with Crippen LogP contribution in [0.3, 0.4) is 0 Å². The van der Waals surface area contributed by atoms with Crippen LogP contribution in [0.1, 0.15) is 35.3 Å². The zero-order valence-electron chi connectivity index (χ0n) is 9.53. The minimum absolute atomic E-state index is 0.372. The average Bonchev–Trinajstić information content (AvgIpc) is 2.35. The Labute approximate surface area is 94.8 Å². The summed E-state index contributed by atoms with van der Waals surface area (Å²) in [4.78, 5) is 11.8. The van der Waals surface area contributed by atoms with E-state index in [-0.39, 0.29) is 5.84 Å². The van der Waals surface area contributed by atoms with Crippen LogP contribution in [0.5, 0.6) is 0 Å². The number of carbonyl (C=O) groups excluding carboxylic acids is 1. The number of hydrogen-bond acceptors (Lipinski definition) is 3. The highest BCUT2D eigenvalue weighted by Gasteiger charge is 2.16. The molecule has 0 aliphatic carbocycles. The second-order valence-electron chi connectivity index (χ2n) is 3.46. The summed E-state index contributed by atoms with van der Waals surface area (Å²) in [5.41, 5.74) is 7.94. The molecule has 4 heteroatoms. The molecule has 1 aromatic rings. The largest absolute Gasteiger partial charge is 0.409 e. The van der Waals surface area contributed by atoms with Crippen molar-refractivity contribution in [1.82, 2.24) is 0 Å². The molecule has 0 aliphatic rings. The molecule has 1 aromatic carbocycles. The fourth-order valence-corrected chi connectivity index (χ4v) is 1.78. The van der Waals surface area contributed by atoms with Gasteiger partial charge in [-0.05, 0) is 24.0 Å². The highest BCUT2D eigenvalue weighted by atomic mass is 16.4. The number of ketones is 1. The fourth-order valence-electron chi connectivity index (χ4n) is 1.78. The van der Waals surface area contributed by atoms with Crippen molar-refractivity contribution in [2.24, 2.45) is 10.9 Å². The first-order chi connectivity index (χ1) is 7.65. The second kappa shape index (κ2) is 5.30. The Morgan fingerprint density at radius 3 is 2.56 bits per heavy atom. The lowest BCUT2D eigenvalue weighted by Gasteiger charge is -2.10. The van der Waals surface area contributed by atoms with Crippen molar-refractivity contribution in [3.63, 3.8) is 0 Å². The lowest BCUT2D eigenvalue weighted by atomic mass is 9.94. The van der Waals surface area contributed by atoms with Gasteiger partial charge in [0, 0.05) is 5.56 Å². The summed E-state index contributed by atoms with van der Waals surface area (Å²) in [6.07, 6.45) is 1.62. The highest BCUT2D eigenvalue weighted by Crippen LogP contribution is 2.17. The van der Waals surface area contributed by atoms with Crippen LogP contribution in [0.4, 0.5) is 0 Å². The van der Waals surface area contributed by atoms with Crippen LogP contribution in [0.2, 0.25) is 0 Å². The minimum Gasteiger partial charge on any atom is -0.409 e. The van der Waals surface area contributed by atoms with Gasteiger partial charge in [0.05, 0.1) is 0 Å². The third-order valence-corrected chi connectivity index (χ3v) is 2.59. The molecule has 0 atom stereocenters. The number of oxime groups is 1. The number of nitrogens with two attached hydrogens (primary N) is 1. The van der Waals surface area contributed by atoms with E-state index in [2.05, 4.69) is 5.16 Å². The Balaban J connectivity index is 3.28. The first kappa shape index (κ1) is 12.2. The standard InChI is InChI=1S/C12H16N2O2/c1-3-8-6-5-7-10(9(8)4-2)11(15)12(13)14-16/h5-7,16H,3-4H2,1-2H3,(H2,13,14). The maximum atomic E-state index is 11.8. The predicted molar refractivity (Wildman–Crippen MR) is 62.9 cm³/mol. The van der Waals surface area contributed by atoms with E-state index in [0.29, 0.717) is 5.56 Å². The molecule has 0 spiro atoms. The lowest BCUT2D eigenvalue weighted by Crippen LogP contribution is -2.25. The van der Waals surface area contributed by atoms with Gasteiger partial charge in [-0.1, -0.05) is 37.2 Å². The molecule has 0 radical (unpaired) electrons. The number of hydrogen-bond donors (Lipinski definition) is 2. The number of nitrogens with zero attached hydrogens (tertiary/aromatic N) is 1. The number of carbonyl (C=O) groups is 1. The fraction of sp³-hybridized carbons (Fsp3) is 0.333. The van der Waals surface area contributed by atoms with E-state index in [9.17, 15) is 4.79 Å². The minimum atomic E-state index is -0.422. The summed E-state index contributed by atoms with van der Waals surface area (Å²) in [5.74, 6) is -0.794. The van der Waals surface area contributed by atoms with E-state index in [1.807, 2.05) is 26.0 Å². The van der Waals surface area contributed by atoms with E-state index < -0.39 is 5.78 Å². The molecule has 0 saturated heterocycles. The molecule has 0 heterocycles. The van der Waals surface area contributed by atoms with Gasteiger partial charge in [0.25, 0.3) is 0 Å². The lowest BCUT2D eigenvalue weighted by molar-refractivity contribution is 0.105. The molecule has 0 unspecified atom stereocenters. The van der Waals surface area contributed by atoms with Crippen molar-refractivity contribution in [3.05, 3.63) is 34.9 Å². The number of amidine groups is 1. The Bertz CT molecular complexity index is 425. The zero-order chi connectivity index (χ0) is 12.1. The number of aryl methyl sites for hydroxylation is 1. The second-order valence-corrected chi connectivity index (χ2v) is 3.46. The molecule has 4 nitrogen and oxygen atoms in total. The van der Waals surface area contributed by atoms with E-state index in [1.54, 1.807) is 6.07 Å². The maximum Gasteiger partial charge on any atom is 0.231 e. The van der Waals surface area contributed by atoms with Crippen molar-refractivity contribution in [2.75, 3.05) is 0 Å². The van der Waals surface area contributed by atoms with Gasteiger partial charge in [-0.25, -0.2) is 0 Å². The Kier molecular flexibility index (Phi) is 4.05. The molecule has 0 fully saturated rings. The summed E-state index contributed by atoms with van der Waals surface area (Å²) >= 11 is 0. The van der Waals surface area contributed by atoms with Crippen molar-refractivity contribution in [2.45, 2.75) is 26.7 Å². The van der Waals surface area contributed by atoms with E-state index >= 15 is 0 Å². The van der Waals surface area contributed by atoms with Crippen LogP contribution in [0.15, 0.2) is 23.4 Å². The molecule has 0 saturated carbocycles. The molecule has 0 amide bonds. The molecule has 0 aliphatic heterocycles. The van der Waals surface area contributed by atoms with E-state index in [1.165, 1.54) is 0 Å². The van der Waals surface area contributed by atoms with Crippen LogP contribution in [0, 0.1) is 0 Å². The average molecular weight is 220 g/mol. The maximum absolute atomic E-state index is 11.8. The zero-order valence-corrected chi connectivity index (χ0v) is 9.53. The van der Waals surface area contributed by atoms with Crippen LogP contribution in [-0.2, 0) is 12.8 Å². The van der Waals surface area contributed by atoms with Crippen LogP contribution < -0.4 is 5.73 Å². The van der Waals surface area contributed by atoms with Gasteiger partial charge in [0.15, 0.2) is 0 Å². The van der Waals surface area contributed by atoms with Gasteiger partial charge in [-0.3, -0.25) is 4.79 Å². The third kappa shape index (κ3) is 2.21. The Morgan fingerprint density at radius 2 is 2.06 bits per heavy atom. The van der Waals surface area contributed by atoms with E-state index in [4.69, 9.17) is 10.9 Å². The van der Waals surface area contributed by atoms with E-state index in [0.717, 1.165) is 24.0 Å². The summed E-state index contributed by atoms with van der Waals surface area (Å²) in [7, 11) is 0. The summed E-state index contributed by atoms with van der Waals surface area (Å²) in [6.45, 7) is 4.02. The Morgan fingerprint density at radius 1 is 1.38 bits per heavy atom. The Hall–Kier alpha value is -1.84. The number of rotatable bonds is 4. The molecule has 1 rings (SSSR count). The molecule has 0 bridgehead atoms.